The number of nitrogen functional groups attached to an aromatic ring is 1. The van der Waals surface area contributed by atoms with Gasteiger partial charge in [-0.3, -0.25) is 33.4 Å². The maximum absolute atomic E-state index is 14.1. The van der Waals surface area contributed by atoms with Crippen molar-refractivity contribution in [2.45, 2.75) is 143 Å². The molecule has 1 aliphatic heterocycles. The van der Waals surface area contributed by atoms with Gasteiger partial charge in [-0.2, -0.15) is 23.0 Å². The molecular formula is C61H70F3N11O7S. The summed E-state index contributed by atoms with van der Waals surface area (Å²) in [4.78, 5) is 87.9. The first kappa shape index (κ1) is 60.8. The predicted octanol–water partition coefficient (Wildman–Crippen LogP) is 10.5. The minimum absolute atomic E-state index is 0.00289. The lowest BCUT2D eigenvalue weighted by atomic mass is 9.85. The minimum Gasteiger partial charge on any atom is -0.399 e. The number of benzene rings is 4. The van der Waals surface area contributed by atoms with Crippen molar-refractivity contribution in [1.29, 1.82) is 0 Å². The Hall–Kier alpha value is -8.24. The highest BCUT2D eigenvalue weighted by molar-refractivity contribution is 7.13. The third-order valence-corrected chi connectivity index (χ3v) is 15.7. The molecule has 18 nitrogen and oxygen atoms in total. The molecule has 1 saturated heterocycles. The van der Waals surface area contributed by atoms with E-state index in [9.17, 15) is 47.0 Å². The number of nitrogens with two attached hydrogens (primary N) is 1. The number of alkyl halides is 3. The SMILES string of the molecule is Cc1ccc(NC(=O)Cn2cc(-c3ccc4c(NC(=O)c5ccc(N)cc5)nn(C(=O)CCCCCCCCCCC(=O)N[C@H](C(=O)N5C[C@H](O)C[C@H]5C(=O)NCc5ccc(-c6scnc6C)cc5)C(C)(C)C)c4c3)cn2)cc1C(F)(F)F. The fourth-order valence-electron chi connectivity index (χ4n) is 10.1. The molecule has 1 aliphatic rings. The Kier molecular flexibility index (Phi) is 19.6. The van der Waals surface area contributed by atoms with E-state index in [1.165, 1.54) is 39.5 Å². The van der Waals surface area contributed by atoms with Crippen LogP contribution in [0.1, 0.15) is 129 Å². The maximum atomic E-state index is 14.1. The van der Waals surface area contributed by atoms with E-state index in [4.69, 9.17) is 5.73 Å². The van der Waals surface area contributed by atoms with Crippen LogP contribution in [0.5, 0.6) is 0 Å². The lowest BCUT2D eigenvalue weighted by Crippen LogP contribution is -2.57. The number of aliphatic hydroxyl groups excluding tert-OH is 1. The highest BCUT2D eigenvalue weighted by Gasteiger charge is 2.44. The van der Waals surface area contributed by atoms with Gasteiger partial charge in [0.2, 0.25) is 29.5 Å². The molecule has 1 fully saturated rings. The van der Waals surface area contributed by atoms with Crippen molar-refractivity contribution in [2.24, 2.45) is 5.41 Å². The number of carbonyl (C=O) groups is 6. The van der Waals surface area contributed by atoms with Crippen LogP contribution in [0, 0.1) is 19.3 Å². The van der Waals surface area contributed by atoms with Crippen molar-refractivity contribution in [3.63, 3.8) is 0 Å². The number of aliphatic hydroxyl groups is 1. The maximum Gasteiger partial charge on any atom is 0.416 e. The van der Waals surface area contributed by atoms with Crippen molar-refractivity contribution < 1.29 is 47.0 Å². The van der Waals surface area contributed by atoms with Gasteiger partial charge < -0.3 is 37.0 Å². The number of unbranched alkanes of at least 4 members (excludes halogenated alkanes) is 7. The third-order valence-electron chi connectivity index (χ3n) is 14.7. The summed E-state index contributed by atoms with van der Waals surface area (Å²) >= 11 is 1.56. The van der Waals surface area contributed by atoms with Crippen molar-refractivity contribution in [1.82, 2.24) is 40.1 Å². The Morgan fingerprint density at radius 2 is 1.47 bits per heavy atom. The molecule has 83 heavy (non-hydrogen) atoms. The molecule has 0 aliphatic carbocycles. The van der Waals surface area contributed by atoms with Gasteiger partial charge >= 0.3 is 6.18 Å². The summed E-state index contributed by atoms with van der Waals surface area (Å²) < 4.78 is 43.1. The Bertz CT molecular complexity index is 3460. The van der Waals surface area contributed by atoms with Crippen LogP contribution in [0.2, 0.25) is 0 Å². The topological polar surface area (TPSA) is 249 Å². The lowest BCUT2D eigenvalue weighted by molar-refractivity contribution is -0.144. The number of fused-ring (bicyclic) bond motifs is 1. The van der Waals surface area contributed by atoms with E-state index >= 15 is 0 Å². The van der Waals surface area contributed by atoms with Gasteiger partial charge in [0.25, 0.3) is 5.91 Å². The number of anilines is 3. The quantitative estimate of drug-likeness (QED) is 0.0260. The number of aromatic nitrogens is 5. The van der Waals surface area contributed by atoms with Crippen molar-refractivity contribution in [2.75, 3.05) is 22.9 Å². The standard InChI is InChI=1S/C61H70F3N11O7S/c1-37-16-26-45(29-48(37)61(62,63)64)69-52(78)35-73-33-43(32-68-73)42-23-27-47-49(28-42)75(72-56(47)71-57(80)41-21-24-44(65)25-22-41)53(79)15-13-11-9-7-6-8-10-12-14-51(77)70-55(60(3,4)5)59(82)74-34-46(76)30-50(74)58(81)66-31-39-17-19-40(20-18-39)54-38(2)67-36-83-54/h16-29,32-33,36,46,50,55,76H,6-15,30-31,34-35,65H2,1-5H3,(H,66,81)(H,69,78)(H,70,77)(H,71,72,80)/t46-,50+,55-/m1/s1. The Morgan fingerprint density at radius 3 is 2.13 bits per heavy atom. The zero-order chi connectivity index (χ0) is 59.6. The lowest BCUT2D eigenvalue weighted by Gasteiger charge is -2.35. The molecule has 0 unspecified atom stereocenters. The van der Waals surface area contributed by atoms with Gasteiger partial charge in [0.15, 0.2) is 5.82 Å². The van der Waals surface area contributed by atoms with Gasteiger partial charge in [0, 0.05) is 66.4 Å². The second-order valence-electron chi connectivity index (χ2n) is 22.2. The van der Waals surface area contributed by atoms with Gasteiger partial charge in [-0.15, -0.1) is 16.4 Å². The summed E-state index contributed by atoms with van der Waals surface area (Å²) in [6.45, 7) is 8.82. The molecule has 8 rings (SSSR count). The Balaban J connectivity index is 0.790. The average molecular weight is 1160 g/mol. The largest absolute Gasteiger partial charge is 0.416 e. The van der Waals surface area contributed by atoms with E-state index in [0.717, 1.165) is 66.3 Å². The van der Waals surface area contributed by atoms with Crippen LogP contribution in [0.3, 0.4) is 0 Å². The number of thiazole rings is 1. The molecule has 438 valence electrons. The highest BCUT2D eigenvalue weighted by atomic mass is 32.1. The fourth-order valence-corrected chi connectivity index (χ4v) is 10.9. The minimum atomic E-state index is -4.58. The first-order chi connectivity index (χ1) is 39.5. The molecule has 22 heteroatoms. The normalized spacial score (nSPS) is 14.8. The summed E-state index contributed by atoms with van der Waals surface area (Å²) in [5.41, 5.74) is 11.5. The monoisotopic (exact) mass is 1160 g/mol. The van der Waals surface area contributed by atoms with E-state index in [1.807, 2.05) is 52.0 Å². The van der Waals surface area contributed by atoms with Crippen LogP contribution in [0.15, 0.2) is 103 Å². The van der Waals surface area contributed by atoms with Crippen LogP contribution in [-0.2, 0) is 38.4 Å². The first-order valence-electron chi connectivity index (χ1n) is 27.8. The molecule has 0 spiro atoms. The van der Waals surface area contributed by atoms with Gasteiger partial charge in [-0.1, -0.05) is 95.7 Å². The number of nitrogens with one attached hydrogen (secondary N) is 4. The number of hydrogen-bond acceptors (Lipinski definition) is 12. The molecule has 3 aromatic heterocycles. The molecule has 7 aromatic rings. The van der Waals surface area contributed by atoms with E-state index in [-0.39, 0.29) is 73.7 Å². The van der Waals surface area contributed by atoms with Crippen molar-refractivity contribution in [3.8, 4) is 21.6 Å². The zero-order valence-electron chi connectivity index (χ0n) is 47.1. The molecule has 5 amide bonds. The fraction of sp³-hybridized carbons (Fsp3) is 0.393. The molecule has 7 N–H and O–H groups in total. The van der Waals surface area contributed by atoms with Gasteiger partial charge in [0.05, 0.1) is 39.5 Å². The van der Waals surface area contributed by atoms with Gasteiger partial charge in [-0.05, 0) is 103 Å². The number of β-amino-alcohol motifs (C(OH)–C–C–N with tert-alkyl or cyclic N) is 1. The molecule has 4 heterocycles. The van der Waals surface area contributed by atoms with E-state index in [2.05, 4.69) is 36.4 Å². The molecule has 3 atom stereocenters. The average Bonchev–Trinajstić information content (AvgIpc) is 3.06. The number of rotatable bonds is 23. The van der Waals surface area contributed by atoms with Crippen molar-refractivity contribution >= 4 is 74.9 Å². The summed E-state index contributed by atoms with van der Waals surface area (Å²) in [6.07, 6.45) is 4.57. The molecule has 4 aromatic carbocycles. The first-order valence-corrected chi connectivity index (χ1v) is 28.7. The summed E-state index contributed by atoms with van der Waals surface area (Å²) in [5, 5.41) is 31.2. The number of nitrogens with zero attached hydrogens (tertiary/aromatic N) is 6. The van der Waals surface area contributed by atoms with Crippen LogP contribution in [-0.4, -0.2) is 94.7 Å². The summed E-state index contributed by atoms with van der Waals surface area (Å²) in [6, 6.07) is 21.2. The van der Waals surface area contributed by atoms with Crippen LogP contribution in [0.4, 0.5) is 30.4 Å². The van der Waals surface area contributed by atoms with Gasteiger partial charge in [-0.25, -0.2) is 4.98 Å². The van der Waals surface area contributed by atoms with Crippen LogP contribution < -0.4 is 27.0 Å². The zero-order valence-corrected chi connectivity index (χ0v) is 48.0. The Morgan fingerprint density at radius 1 is 0.795 bits per heavy atom. The number of hydrogen-bond donors (Lipinski definition) is 6. The molecular weight excluding hydrogens is 1090 g/mol. The summed E-state index contributed by atoms with van der Waals surface area (Å²) in [5.74, 6) is -2.19. The number of amides is 5. The number of carbonyl (C=O) groups excluding carboxylic acids is 6. The summed E-state index contributed by atoms with van der Waals surface area (Å²) in [7, 11) is 0. The smallest absolute Gasteiger partial charge is 0.399 e. The number of likely N-dealkylation sites (tertiary alicyclic amines) is 1. The van der Waals surface area contributed by atoms with Crippen LogP contribution in [0.25, 0.3) is 32.5 Å². The van der Waals surface area contributed by atoms with E-state index in [1.54, 1.807) is 65.5 Å². The molecule has 0 bridgehead atoms. The van der Waals surface area contributed by atoms with Gasteiger partial charge in [0.1, 0.15) is 18.6 Å². The number of aryl methyl sites for hydroxylation is 2. The van der Waals surface area contributed by atoms with Crippen LogP contribution >= 0.6 is 11.3 Å². The van der Waals surface area contributed by atoms with Crippen molar-refractivity contribution in [3.05, 3.63) is 131 Å². The predicted molar refractivity (Wildman–Crippen MR) is 313 cm³/mol. The molecule has 0 saturated carbocycles. The van der Waals surface area contributed by atoms with E-state index < -0.39 is 53.1 Å². The Labute approximate surface area is 483 Å². The highest BCUT2D eigenvalue weighted by Crippen LogP contribution is 2.35. The second-order valence-corrected chi connectivity index (χ2v) is 23.1. The third kappa shape index (κ3) is 15.9. The molecule has 0 radical (unpaired) electrons. The number of halogens is 3. The van der Waals surface area contributed by atoms with E-state index in [0.29, 0.717) is 46.1 Å². The second kappa shape index (κ2) is 26.8.